The van der Waals surface area contributed by atoms with Gasteiger partial charge in [-0.05, 0) is 42.9 Å². The summed E-state index contributed by atoms with van der Waals surface area (Å²) in [4.78, 5) is 6.83. The molecule has 1 saturated heterocycles. The summed E-state index contributed by atoms with van der Waals surface area (Å²) in [7, 11) is 3.47. The van der Waals surface area contributed by atoms with E-state index < -0.39 is 0 Å². The topological polar surface area (TPSA) is 57.1 Å². The Kier molecular flexibility index (Phi) is 5.17. The van der Waals surface area contributed by atoms with Crippen LogP contribution in [0.3, 0.4) is 0 Å². The van der Waals surface area contributed by atoms with Gasteiger partial charge in [0, 0.05) is 32.2 Å². The zero-order valence-corrected chi connectivity index (χ0v) is 14.8. The van der Waals surface area contributed by atoms with Crippen molar-refractivity contribution in [1.29, 1.82) is 0 Å². The number of hydrogen-bond acceptors (Lipinski definition) is 3. The number of methoxy groups -OCH3 is 1. The third-order valence-electron chi connectivity index (χ3n) is 5.59. The Morgan fingerprint density at radius 1 is 1.29 bits per heavy atom. The highest BCUT2D eigenvalue weighted by Crippen LogP contribution is 2.43. The molecule has 0 unspecified atom stereocenters. The minimum atomic E-state index is 0.281. The van der Waals surface area contributed by atoms with Crippen LogP contribution in [-0.4, -0.2) is 43.2 Å². The number of aliphatic imine (C=N–C) groups is 1. The van der Waals surface area contributed by atoms with Gasteiger partial charge < -0.3 is 20.1 Å². The van der Waals surface area contributed by atoms with Gasteiger partial charge in [0.05, 0.1) is 7.11 Å². The summed E-state index contributed by atoms with van der Waals surface area (Å²) in [5.41, 5.74) is 1.33. The number of ether oxygens (including phenoxy) is 1. The summed E-state index contributed by atoms with van der Waals surface area (Å²) in [5, 5.41) is 13.4. The van der Waals surface area contributed by atoms with Crippen LogP contribution < -0.4 is 10.1 Å². The van der Waals surface area contributed by atoms with Crippen molar-refractivity contribution in [1.82, 2.24) is 10.2 Å². The van der Waals surface area contributed by atoms with Crippen LogP contribution in [0.2, 0.25) is 0 Å². The van der Waals surface area contributed by atoms with Gasteiger partial charge in [-0.25, -0.2) is 0 Å². The maximum atomic E-state index is 10.0. The van der Waals surface area contributed by atoms with E-state index in [-0.39, 0.29) is 5.75 Å². The van der Waals surface area contributed by atoms with Gasteiger partial charge >= 0.3 is 0 Å². The first-order valence-electron chi connectivity index (χ1n) is 8.97. The zero-order chi connectivity index (χ0) is 17.0. The molecule has 3 rings (SSSR count). The fourth-order valence-electron chi connectivity index (χ4n) is 4.16. The number of nitrogens with one attached hydrogen (secondary N) is 1. The number of hydrogen-bond donors (Lipinski definition) is 2. The lowest BCUT2D eigenvalue weighted by molar-refractivity contribution is 0.203. The summed E-state index contributed by atoms with van der Waals surface area (Å²) in [5.74, 6) is 1.96. The van der Waals surface area contributed by atoms with Crippen molar-refractivity contribution in [3.8, 4) is 11.5 Å². The Hall–Kier alpha value is -1.91. The van der Waals surface area contributed by atoms with Crippen molar-refractivity contribution in [3.63, 3.8) is 0 Å². The predicted octanol–water partition coefficient (Wildman–Crippen LogP) is 3.13. The molecule has 1 aliphatic heterocycles. The third-order valence-corrected chi connectivity index (χ3v) is 5.59. The summed E-state index contributed by atoms with van der Waals surface area (Å²) >= 11 is 0. The Bertz CT molecular complexity index is 594. The molecule has 1 aromatic carbocycles. The molecule has 132 valence electrons. The average molecular weight is 331 g/mol. The van der Waals surface area contributed by atoms with E-state index in [4.69, 9.17) is 4.74 Å². The molecule has 1 aliphatic carbocycles. The quantitative estimate of drug-likeness (QED) is 0.660. The molecule has 0 aromatic heterocycles. The first-order chi connectivity index (χ1) is 11.7. The van der Waals surface area contributed by atoms with E-state index in [0.717, 1.165) is 30.4 Å². The fraction of sp³-hybridized carbons (Fsp3) is 0.632. The van der Waals surface area contributed by atoms with E-state index in [9.17, 15) is 5.11 Å². The van der Waals surface area contributed by atoms with Crippen LogP contribution in [0, 0.1) is 5.41 Å². The second-order valence-corrected chi connectivity index (χ2v) is 7.13. The highest BCUT2D eigenvalue weighted by molar-refractivity contribution is 5.80. The van der Waals surface area contributed by atoms with Crippen molar-refractivity contribution >= 4 is 5.96 Å². The number of guanidine groups is 1. The second kappa shape index (κ2) is 7.32. The predicted molar refractivity (Wildman–Crippen MR) is 96.6 cm³/mol. The van der Waals surface area contributed by atoms with E-state index in [1.165, 1.54) is 38.5 Å². The lowest BCUT2D eigenvalue weighted by Gasteiger charge is -2.33. The molecule has 0 bridgehead atoms. The van der Waals surface area contributed by atoms with Gasteiger partial charge in [-0.1, -0.05) is 19.3 Å². The number of phenolic OH excluding ortho intramolecular Hbond substituents is 1. The van der Waals surface area contributed by atoms with Crippen molar-refractivity contribution < 1.29 is 9.84 Å². The van der Waals surface area contributed by atoms with Crippen molar-refractivity contribution in [3.05, 3.63) is 23.8 Å². The molecule has 1 saturated carbocycles. The van der Waals surface area contributed by atoms with Crippen LogP contribution in [-0.2, 0) is 6.54 Å². The summed E-state index contributed by atoms with van der Waals surface area (Å²) in [6.07, 6.45) is 8.13. The van der Waals surface area contributed by atoms with Gasteiger partial charge in [-0.2, -0.15) is 0 Å². The Morgan fingerprint density at radius 3 is 2.79 bits per heavy atom. The monoisotopic (exact) mass is 331 g/mol. The normalized spacial score (nSPS) is 20.4. The van der Waals surface area contributed by atoms with E-state index >= 15 is 0 Å². The van der Waals surface area contributed by atoms with Crippen LogP contribution >= 0.6 is 0 Å². The SMILES string of the molecule is CN=C(NCc1cc(OC)ccc1O)N1CCC2(CCCCC2)C1. The number of benzene rings is 1. The van der Waals surface area contributed by atoms with Gasteiger partial charge in [0.1, 0.15) is 11.5 Å². The lowest BCUT2D eigenvalue weighted by atomic mass is 9.73. The van der Waals surface area contributed by atoms with Gasteiger partial charge in [-0.15, -0.1) is 0 Å². The summed E-state index contributed by atoms with van der Waals surface area (Å²) in [6.45, 7) is 2.72. The molecular formula is C19H29N3O2. The van der Waals surface area contributed by atoms with Gasteiger partial charge in [0.2, 0.25) is 0 Å². The van der Waals surface area contributed by atoms with Crippen LogP contribution in [0.5, 0.6) is 11.5 Å². The molecule has 0 atom stereocenters. The van der Waals surface area contributed by atoms with Crippen molar-refractivity contribution in [2.75, 3.05) is 27.2 Å². The molecule has 5 heteroatoms. The number of phenols is 1. The molecule has 5 nitrogen and oxygen atoms in total. The first-order valence-corrected chi connectivity index (χ1v) is 8.97. The minimum Gasteiger partial charge on any atom is -0.508 e. The smallest absolute Gasteiger partial charge is 0.193 e. The average Bonchev–Trinajstić information content (AvgIpc) is 3.01. The highest BCUT2D eigenvalue weighted by Gasteiger charge is 2.39. The van der Waals surface area contributed by atoms with Gasteiger partial charge in [0.25, 0.3) is 0 Å². The number of rotatable bonds is 3. The minimum absolute atomic E-state index is 0.281. The largest absolute Gasteiger partial charge is 0.508 e. The fourth-order valence-corrected chi connectivity index (χ4v) is 4.16. The Balaban J connectivity index is 1.62. The molecule has 2 fully saturated rings. The van der Waals surface area contributed by atoms with Crippen LogP contribution in [0.1, 0.15) is 44.1 Å². The third kappa shape index (κ3) is 3.60. The molecule has 2 N–H and O–H groups in total. The maximum absolute atomic E-state index is 10.0. The van der Waals surface area contributed by atoms with Crippen LogP contribution in [0.15, 0.2) is 23.2 Å². The highest BCUT2D eigenvalue weighted by atomic mass is 16.5. The number of nitrogens with zero attached hydrogens (tertiary/aromatic N) is 2. The van der Waals surface area contributed by atoms with E-state index in [0.29, 0.717) is 12.0 Å². The second-order valence-electron chi connectivity index (χ2n) is 7.13. The molecule has 1 aromatic rings. The van der Waals surface area contributed by atoms with Gasteiger partial charge in [0.15, 0.2) is 5.96 Å². The molecular weight excluding hydrogens is 302 g/mol. The first kappa shape index (κ1) is 16.9. The summed E-state index contributed by atoms with van der Waals surface area (Å²) in [6, 6.07) is 5.30. The van der Waals surface area contributed by atoms with E-state index in [2.05, 4.69) is 15.2 Å². The molecule has 1 heterocycles. The summed E-state index contributed by atoms with van der Waals surface area (Å²) < 4.78 is 5.24. The van der Waals surface area contributed by atoms with Crippen LogP contribution in [0.4, 0.5) is 0 Å². The van der Waals surface area contributed by atoms with Crippen molar-refractivity contribution in [2.45, 2.75) is 45.1 Å². The maximum Gasteiger partial charge on any atom is 0.193 e. The Labute approximate surface area is 144 Å². The van der Waals surface area contributed by atoms with E-state index in [1.807, 2.05) is 13.1 Å². The van der Waals surface area contributed by atoms with Crippen molar-refractivity contribution in [2.24, 2.45) is 10.4 Å². The Morgan fingerprint density at radius 2 is 2.08 bits per heavy atom. The lowest BCUT2D eigenvalue weighted by Crippen LogP contribution is -2.41. The number of likely N-dealkylation sites (tertiary alicyclic amines) is 1. The molecule has 1 spiro atoms. The standard InChI is InChI=1S/C19H29N3O2/c1-20-18(21-13-15-12-16(24-2)6-7-17(15)23)22-11-10-19(14-22)8-4-3-5-9-19/h6-7,12,23H,3-5,8-11,13-14H2,1-2H3,(H,20,21). The molecule has 24 heavy (non-hydrogen) atoms. The van der Waals surface area contributed by atoms with Gasteiger partial charge in [-0.3, -0.25) is 4.99 Å². The zero-order valence-electron chi connectivity index (χ0n) is 14.8. The van der Waals surface area contributed by atoms with Crippen LogP contribution in [0.25, 0.3) is 0 Å². The number of aromatic hydroxyl groups is 1. The molecule has 0 amide bonds. The molecule has 0 radical (unpaired) electrons. The molecule has 2 aliphatic rings. The van der Waals surface area contributed by atoms with E-state index in [1.54, 1.807) is 19.2 Å².